The summed E-state index contributed by atoms with van der Waals surface area (Å²) in [4.78, 5) is 0. The Morgan fingerprint density at radius 3 is 2.67 bits per heavy atom. The number of benzene rings is 1. The molecule has 0 radical (unpaired) electrons. The average molecular weight is 318 g/mol. The second-order valence-corrected chi connectivity index (χ2v) is 5.21. The molecule has 3 heteroatoms. The van der Waals surface area contributed by atoms with E-state index in [1.807, 2.05) is 32.0 Å². The predicted molar refractivity (Wildman–Crippen MR) is 68.6 cm³/mol. The minimum atomic E-state index is 0.183. The summed E-state index contributed by atoms with van der Waals surface area (Å²) in [6.45, 7) is 4.06. The van der Waals surface area contributed by atoms with Gasteiger partial charge in [-0.2, -0.15) is 0 Å². The summed E-state index contributed by atoms with van der Waals surface area (Å²) in [7, 11) is 0. The summed E-state index contributed by atoms with van der Waals surface area (Å²) in [6, 6.07) is 6.03. The van der Waals surface area contributed by atoms with Crippen molar-refractivity contribution in [3.05, 3.63) is 21.8 Å². The summed E-state index contributed by atoms with van der Waals surface area (Å²) >= 11 is 2.28. The van der Waals surface area contributed by atoms with E-state index < -0.39 is 0 Å². The first-order valence-electron chi connectivity index (χ1n) is 5.28. The van der Waals surface area contributed by atoms with Gasteiger partial charge in [0.25, 0.3) is 0 Å². The fraction of sp³-hybridized carbons (Fsp3) is 0.500. The Balaban J connectivity index is 2.21. The molecule has 1 aromatic rings. The van der Waals surface area contributed by atoms with E-state index in [0.717, 1.165) is 15.1 Å². The highest BCUT2D eigenvalue weighted by Gasteiger charge is 2.25. The smallest absolute Gasteiger partial charge is 0.174 e. The zero-order chi connectivity index (χ0) is 10.8. The molecule has 1 aromatic carbocycles. The fourth-order valence-electron chi connectivity index (χ4n) is 1.30. The van der Waals surface area contributed by atoms with Crippen LogP contribution in [0, 0.1) is 3.57 Å². The molecule has 0 aliphatic heterocycles. The van der Waals surface area contributed by atoms with Crippen LogP contribution in [0.4, 0.5) is 0 Å². The van der Waals surface area contributed by atoms with E-state index in [9.17, 15) is 0 Å². The minimum Gasteiger partial charge on any atom is -0.486 e. The maximum atomic E-state index is 5.81. The molecule has 2 nitrogen and oxygen atoms in total. The molecule has 0 atom stereocenters. The van der Waals surface area contributed by atoms with Crippen LogP contribution in [-0.4, -0.2) is 12.2 Å². The van der Waals surface area contributed by atoms with Crippen LogP contribution >= 0.6 is 22.6 Å². The number of halogens is 1. The summed E-state index contributed by atoms with van der Waals surface area (Å²) in [5.41, 5.74) is 0. The Morgan fingerprint density at radius 2 is 2.07 bits per heavy atom. The van der Waals surface area contributed by atoms with E-state index in [0.29, 0.717) is 6.10 Å². The van der Waals surface area contributed by atoms with Crippen LogP contribution in [-0.2, 0) is 0 Å². The highest BCUT2D eigenvalue weighted by molar-refractivity contribution is 14.1. The molecule has 0 unspecified atom stereocenters. The van der Waals surface area contributed by atoms with Crippen LogP contribution in [0.3, 0.4) is 0 Å². The molecule has 0 N–H and O–H groups in total. The van der Waals surface area contributed by atoms with E-state index in [-0.39, 0.29) is 6.10 Å². The molecular weight excluding hydrogens is 303 g/mol. The first kappa shape index (κ1) is 11.0. The SMILES string of the molecule is CC(C)Oc1c(I)cccc1OC1CC1. The monoisotopic (exact) mass is 318 g/mol. The van der Waals surface area contributed by atoms with E-state index in [2.05, 4.69) is 22.6 Å². The zero-order valence-electron chi connectivity index (χ0n) is 9.00. The highest BCUT2D eigenvalue weighted by atomic mass is 127. The van der Waals surface area contributed by atoms with Gasteiger partial charge in [0.1, 0.15) is 0 Å². The molecule has 0 saturated heterocycles. The Bertz CT molecular complexity index is 345. The van der Waals surface area contributed by atoms with Gasteiger partial charge in [0.05, 0.1) is 15.8 Å². The van der Waals surface area contributed by atoms with Gasteiger partial charge >= 0.3 is 0 Å². The van der Waals surface area contributed by atoms with E-state index in [4.69, 9.17) is 9.47 Å². The Labute approximate surface area is 104 Å². The lowest BCUT2D eigenvalue weighted by Crippen LogP contribution is -2.09. The van der Waals surface area contributed by atoms with Gasteiger partial charge in [0, 0.05) is 0 Å². The molecular formula is C12H15IO2. The molecule has 15 heavy (non-hydrogen) atoms. The zero-order valence-corrected chi connectivity index (χ0v) is 11.2. The average Bonchev–Trinajstić information content (AvgIpc) is 2.94. The highest BCUT2D eigenvalue weighted by Crippen LogP contribution is 2.37. The summed E-state index contributed by atoms with van der Waals surface area (Å²) in [6.07, 6.45) is 2.94. The van der Waals surface area contributed by atoms with Crippen LogP contribution < -0.4 is 9.47 Å². The molecule has 0 heterocycles. The topological polar surface area (TPSA) is 18.5 Å². The third-order valence-electron chi connectivity index (χ3n) is 2.10. The van der Waals surface area contributed by atoms with Crippen LogP contribution in [0.1, 0.15) is 26.7 Å². The third kappa shape index (κ3) is 3.00. The van der Waals surface area contributed by atoms with E-state index in [1.54, 1.807) is 0 Å². The quantitative estimate of drug-likeness (QED) is 0.790. The fourth-order valence-corrected chi connectivity index (χ4v) is 1.90. The largest absolute Gasteiger partial charge is 0.486 e. The lowest BCUT2D eigenvalue weighted by Gasteiger charge is -2.16. The first-order valence-corrected chi connectivity index (χ1v) is 6.36. The molecule has 1 aliphatic carbocycles. The van der Waals surface area contributed by atoms with E-state index in [1.165, 1.54) is 12.8 Å². The van der Waals surface area contributed by atoms with Gasteiger partial charge in [-0.05, 0) is 61.4 Å². The van der Waals surface area contributed by atoms with Crippen molar-refractivity contribution in [2.45, 2.75) is 38.9 Å². The molecule has 0 bridgehead atoms. The van der Waals surface area contributed by atoms with Gasteiger partial charge in [-0.25, -0.2) is 0 Å². The molecule has 82 valence electrons. The maximum absolute atomic E-state index is 5.81. The Hall–Kier alpha value is -0.450. The summed E-state index contributed by atoms with van der Waals surface area (Å²) in [5.74, 6) is 1.78. The van der Waals surface area contributed by atoms with Crippen molar-refractivity contribution < 1.29 is 9.47 Å². The molecule has 0 aromatic heterocycles. The van der Waals surface area contributed by atoms with Crippen LogP contribution in [0.5, 0.6) is 11.5 Å². The molecule has 1 fully saturated rings. The lowest BCUT2D eigenvalue weighted by molar-refractivity contribution is 0.216. The Morgan fingerprint density at radius 1 is 1.33 bits per heavy atom. The van der Waals surface area contributed by atoms with Crippen molar-refractivity contribution in [1.29, 1.82) is 0 Å². The number of hydrogen-bond donors (Lipinski definition) is 0. The standard InChI is InChI=1S/C12H15IO2/c1-8(2)14-12-10(13)4-3-5-11(12)15-9-6-7-9/h3-5,8-9H,6-7H2,1-2H3. The van der Waals surface area contributed by atoms with Crippen molar-refractivity contribution >= 4 is 22.6 Å². The normalized spacial score (nSPS) is 15.5. The van der Waals surface area contributed by atoms with Crippen molar-refractivity contribution in [3.8, 4) is 11.5 Å². The minimum absolute atomic E-state index is 0.183. The number of ether oxygens (including phenoxy) is 2. The molecule has 0 spiro atoms. The van der Waals surface area contributed by atoms with Gasteiger partial charge in [0.2, 0.25) is 0 Å². The summed E-state index contributed by atoms with van der Waals surface area (Å²) < 4.78 is 12.7. The molecule has 2 rings (SSSR count). The van der Waals surface area contributed by atoms with Crippen molar-refractivity contribution in [2.75, 3.05) is 0 Å². The maximum Gasteiger partial charge on any atom is 0.174 e. The van der Waals surface area contributed by atoms with Crippen molar-refractivity contribution in [1.82, 2.24) is 0 Å². The molecule has 1 aliphatic rings. The van der Waals surface area contributed by atoms with Crippen molar-refractivity contribution in [3.63, 3.8) is 0 Å². The number of hydrogen-bond acceptors (Lipinski definition) is 2. The Kier molecular flexibility index (Phi) is 3.38. The number of rotatable bonds is 4. The summed E-state index contributed by atoms with van der Waals surface area (Å²) in [5, 5.41) is 0. The van der Waals surface area contributed by atoms with Gasteiger partial charge < -0.3 is 9.47 Å². The van der Waals surface area contributed by atoms with Crippen LogP contribution in [0.2, 0.25) is 0 Å². The second kappa shape index (κ2) is 4.60. The third-order valence-corrected chi connectivity index (χ3v) is 2.95. The van der Waals surface area contributed by atoms with Gasteiger partial charge in [-0.15, -0.1) is 0 Å². The van der Waals surface area contributed by atoms with Crippen LogP contribution in [0.25, 0.3) is 0 Å². The van der Waals surface area contributed by atoms with Crippen molar-refractivity contribution in [2.24, 2.45) is 0 Å². The van der Waals surface area contributed by atoms with Gasteiger partial charge in [-0.1, -0.05) is 6.07 Å². The van der Waals surface area contributed by atoms with E-state index >= 15 is 0 Å². The number of para-hydroxylation sites is 1. The molecule has 1 saturated carbocycles. The lowest BCUT2D eigenvalue weighted by atomic mass is 10.3. The predicted octanol–water partition coefficient (Wildman–Crippen LogP) is 3.62. The second-order valence-electron chi connectivity index (χ2n) is 4.05. The first-order chi connectivity index (χ1) is 7.16. The van der Waals surface area contributed by atoms with Crippen LogP contribution in [0.15, 0.2) is 18.2 Å². The van der Waals surface area contributed by atoms with Gasteiger partial charge in [-0.3, -0.25) is 0 Å². The van der Waals surface area contributed by atoms with Gasteiger partial charge in [0.15, 0.2) is 11.5 Å². The molecule has 0 amide bonds.